The van der Waals surface area contributed by atoms with E-state index in [0.717, 1.165) is 83.8 Å². The van der Waals surface area contributed by atoms with Crippen LogP contribution in [0.5, 0.6) is 0 Å². The molecule has 0 aromatic heterocycles. The Morgan fingerprint density at radius 1 is 0.862 bits per heavy atom. The largest absolute Gasteiger partial charge is 0.392 e. The Labute approximate surface area is 175 Å². The molecule has 0 spiro atoms. The van der Waals surface area contributed by atoms with Crippen LogP contribution in [0, 0.1) is 17.8 Å². The van der Waals surface area contributed by atoms with Gasteiger partial charge in [-0.15, -0.1) is 0 Å². The minimum Gasteiger partial charge on any atom is -0.392 e. The molecule has 166 valence electrons. The third-order valence-electron chi connectivity index (χ3n) is 7.78. The highest BCUT2D eigenvalue weighted by molar-refractivity contribution is 5.81. The van der Waals surface area contributed by atoms with Crippen LogP contribution in [0.3, 0.4) is 0 Å². The molecule has 1 N–H and O–H groups in total. The molecule has 4 fully saturated rings. The van der Waals surface area contributed by atoms with E-state index in [1.165, 1.54) is 12.8 Å². The molecule has 29 heavy (non-hydrogen) atoms. The van der Waals surface area contributed by atoms with Crippen LogP contribution in [0.25, 0.3) is 0 Å². The Balaban J connectivity index is 1.17. The van der Waals surface area contributed by atoms with Crippen molar-refractivity contribution in [1.29, 1.82) is 0 Å². The highest BCUT2D eigenvalue weighted by Gasteiger charge is 2.38. The maximum atomic E-state index is 12.9. The van der Waals surface area contributed by atoms with Crippen molar-refractivity contribution in [3.05, 3.63) is 0 Å². The number of hydrogen-bond donors (Lipinski definition) is 1. The molecule has 5 unspecified atom stereocenters. The fourth-order valence-corrected chi connectivity index (χ4v) is 5.97. The van der Waals surface area contributed by atoms with Crippen molar-refractivity contribution in [3.63, 3.8) is 0 Å². The van der Waals surface area contributed by atoms with E-state index in [-0.39, 0.29) is 12.2 Å². The van der Waals surface area contributed by atoms with Crippen LogP contribution in [0.15, 0.2) is 0 Å². The molecule has 5 atom stereocenters. The lowest BCUT2D eigenvalue weighted by Gasteiger charge is -2.38. The summed E-state index contributed by atoms with van der Waals surface area (Å²) in [4.78, 5) is 12.9. The lowest BCUT2D eigenvalue weighted by Crippen LogP contribution is -2.40. The number of Topliss-reactive ketones (excluding diaryl/α,β-unsaturated/α-hetero) is 1. The molecule has 2 aliphatic heterocycles. The summed E-state index contributed by atoms with van der Waals surface area (Å²) in [7, 11) is 0. The molecule has 2 saturated carbocycles. The molecule has 0 radical (unpaired) electrons. The van der Waals surface area contributed by atoms with Crippen LogP contribution in [-0.4, -0.2) is 48.7 Å². The van der Waals surface area contributed by atoms with Crippen molar-refractivity contribution in [2.24, 2.45) is 17.8 Å². The van der Waals surface area contributed by atoms with Crippen LogP contribution in [0.1, 0.15) is 89.9 Å². The molecule has 0 aromatic rings. The van der Waals surface area contributed by atoms with Gasteiger partial charge >= 0.3 is 0 Å². The molecule has 2 heterocycles. The van der Waals surface area contributed by atoms with Gasteiger partial charge in [-0.05, 0) is 95.3 Å². The molecule has 2 aliphatic carbocycles. The van der Waals surface area contributed by atoms with Crippen LogP contribution in [0.2, 0.25) is 0 Å². The fourth-order valence-electron chi connectivity index (χ4n) is 5.97. The van der Waals surface area contributed by atoms with E-state index in [9.17, 15) is 9.90 Å². The van der Waals surface area contributed by atoms with E-state index in [1.54, 1.807) is 0 Å². The van der Waals surface area contributed by atoms with Crippen molar-refractivity contribution < 1.29 is 24.1 Å². The quantitative estimate of drug-likeness (QED) is 0.706. The first-order chi connectivity index (χ1) is 14.2. The van der Waals surface area contributed by atoms with Crippen molar-refractivity contribution in [1.82, 2.24) is 0 Å². The van der Waals surface area contributed by atoms with Gasteiger partial charge in [0.05, 0.1) is 18.3 Å². The summed E-state index contributed by atoms with van der Waals surface area (Å²) in [5.41, 5.74) is 0. The van der Waals surface area contributed by atoms with Gasteiger partial charge in [-0.25, -0.2) is 0 Å². The Bertz CT molecular complexity index is 503. The maximum Gasteiger partial charge on any atom is 0.157 e. The third-order valence-corrected chi connectivity index (χ3v) is 7.78. The SMILES string of the molecule is O=C(CC1CCC(OC2CCCCO2)CC1)C1CCC(C2CCCCO2)CC1O. The molecule has 0 aromatic carbocycles. The molecule has 2 saturated heterocycles. The first-order valence-electron chi connectivity index (χ1n) is 12.3. The fraction of sp³-hybridized carbons (Fsp3) is 0.958. The van der Waals surface area contributed by atoms with Crippen molar-refractivity contribution in [2.45, 2.75) is 114 Å². The predicted octanol–water partition coefficient (Wildman–Crippen LogP) is 4.39. The van der Waals surface area contributed by atoms with Gasteiger partial charge in [0.2, 0.25) is 0 Å². The van der Waals surface area contributed by atoms with Crippen LogP contribution in [0.4, 0.5) is 0 Å². The second-order valence-corrected chi connectivity index (χ2v) is 9.90. The summed E-state index contributed by atoms with van der Waals surface area (Å²) in [6, 6.07) is 0. The average Bonchev–Trinajstić information content (AvgIpc) is 2.76. The van der Waals surface area contributed by atoms with Crippen molar-refractivity contribution in [2.75, 3.05) is 13.2 Å². The lowest BCUT2D eigenvalue weighted by molar-refractivity contribution is -0.194. The summed E-state index contributed by atoms with van der Waals surface area (Å²) < 4.78 is 17.8. The van der Waals surface area contributed by atoms with Crippen molar-refractivity contribution >= 4 is 5.78 Å². The molecule has 4 aliphatic rings. The summed E-state index contributed by atoms with van der Waals surface area (Å²) in [5, 5.41) is 10.7. The maximum absolute atomic E-state index is 12.9. The first-order valence-corrected chi connectivity index (χ1v) is 12.3. The molecule has 5 nitrogen and oxygen atoms in total. The number of carbonyl (C=O) groups is 1. The standard InChI is InChI=1S/C24H40O5/c25-21(20-12-9-18(16-22(20)26)23-5-1-3-13-27-23)15-17-7-10-19(11-8-17)29-24-6-2-4-14-28-24/h17-20,22-24,26H,1-16H2. The zero-order chi connectivity index (χ0) is 20.1. The number of rotatable bonds is 6. The second-order valence-electron chi connectivity index (χ2n) is 9.90. The zero-order valence-corrected chi connectivity index (χ0v) is 17.9. The molecular formula is C24H40O5. The predicted molar refractivity (Wildman–Crippen MR) is 110 cm³/mol. The molecule has 5 heteroatoms. The van der Waals surface area contributed by atoms with E-state index >= 15 is 0 Å². The topological polar surface area (TPSA) is 65.0 Å². The molecule has 0 bridgehead atoms. The Morgan fingerprint density at radius 3 is 2.28 bits per heavy atom. The average molecular weight is 409 g/mol. The van der Waals surface area contributed by atoms with Gasteiger partial charge in [0, 0.05) is 25.6 Å². The highest BCUT2D eigenvalue weighted by atomic mass is 16.7. The monoisotopic (exact) mass is 408 g/mol. The number of hydrogen-bond acceptors (Lipinski definition) is 5. The van der Waals surface area contributed by atoms with Crippen LogP contribution < -0.4 is 0 Å². The minimum absolute atomic E-state index is 0.00888. The number of carbonyl (C=O) groups excluding carboxylic acids is 1. The Kier molecular flexibility index (Phi) is 8.02. The normalized spacial score (nSPS) is 41.8. The summed E-state index contributed by atoms with van der Waals surface area (Å²) in [5.74, 6) is 1.03. The van der Waals surface area contributed by atoms with E-state index < -0.39 is 6.10 Å². The van der Waals surface area contributed by atoms with Gasteiger partial charge in [0.15, 0.2) is 6.29 Å². The minimum atomic E-state index is -0.477. The number of aliphatic hydroxyl groups excluding tert-OH is 1. The number of ether oxygens (including phenoxy) is 3. The van der Waals surface area contributed by atoms with Gasteiger partial charge in [-0.2, -0.15) is 0 Å². The van der Waals surface area contributed by atoms with E-state index in [1.807, 2.05) is 0 Å². The second kappa shape index (κ2) is 10.7. The third kappa shape index (κ3) is 6.03. The lowest BCUT2D eigenvalue weighted by atomic mass is 9.72. The summed E-state index contributed by atoms with van der Waals surface area (Å²) in [6.07, 6.45) is 14.4. The van der Waals surface area contributed by atoms with Crippen LogP contribution in [-0.2, 0) is 19.0 Å². The van der Waals surface area contributed by atoms with Crippen LogP contribution >= 0.6 is 0 Å². The number of ketones is 1. The van der Waals surface area contributed by atoms with Gasteiger partial charge in [-0.3, -0.25) is 4.79 Å². The zero-order valence-electron chi connectivity index (χ0n) is 17.9. The highest BCUT2D eigenvalue weighted by Crippen LogP contribution is 2.38. The van der Waals surface area contributed by atoms with E-state index in [4.69, 9.17) is 14.2 Å². The van der Waals surface area contributed by atoms with E-state index in [2.05, 4.69) is 0 Å². The summed E-state index contributed by atoms with van der Waals surface area (Å²) in [6.45, 7) is 1.69. The van der Waals surface area contributed by atoms with Gasteiger partial charge in [0.1, 0.15) is 5.78 Å². The Morgan fingerprint density at radius 2 is 1.62 bits per heavy atom. The smallest absolute Gasteiger partial charge is 0.157 e. The molecule has 0 amide bonds. The first kappa shape index (κ1) is 21.7. The van der Waals surface area contributed by atoms with Gasteiger partial charge in [0.25, 0.3) is 0 Å². The molecule has 4 rings (SSSR count). The summed E-state index contributed by atoms with van der Waals surface area (Å²) >= 11 is 0. The van der Waals surface area contributed by atoms with Gasteiger partial charge in [-0.1, -0.05) is 0 Å². The number of aliphatic hydroxyl groups is 1. The van der Waals surface area contributed by atoms with E-state index in [0.29, 0.717) is 36.2 Å². The Hall–Kier alpha value is -0.490. The molecular weight excluding hydrogens is 368 g/mol. The van der Waals surface area contributed by atoms with Crippen molar-refractivity contribution in [3.8, 4) is 0 Å². The van der Waals surface area contributed by atoms with Gasteiger partial charge < -0.3 is 19.3 Å².